The van der Waals surface area contributed by atoms with Crippen LogP contribution in [0.4, 0.5) is 28.9 Å². The molecule has 1 aromatic carbocycles. The SMILES string of the molecule is Cc1cc(N2CCC(C(F)(F)F)CC2)c(N)cc1F. The first kappa shape index (κ1) is 14.0. The summed E-state index contributed by atoms with van der Waals surface area (Å²) in [6, 6.07) is 2.82. The molecule has 0 amide bonds. The van der Waals surface area contributed by atoms with Crippen molar-refractivity contribution >= 4 is 11.4 Å². The maximum Gasteiger partial charge on any atom is 0.391 e. The zero-order valence-corrected chi connectivity index (χ0v) is 10.6. The highest BCUT2D eigenvalue weighted by Crippen LogP contribution is 2.37. The average Bonchev–Trinajstić information content (AvgIpc) is 2.33. The molecule has 2 nitrogen and oxygen atoms in total. The minimum atomic E-state index is -4.13. The second-order valence-electron chi connectivity index (χ2n) is 4.96. The Morgan fingerprint density at radius 1 is 1.21 bits per heavy atom. The quantitative estimate of drug-likeness (QED) is 0.628. The van der Waals surface area contributed by atoms with Gasteiger partial charge < -0.3 is 10.6 Å². The van der Waals surface area contributed by atoms with E-state index in [0.29, 0.717) is 24.3 Å². The van der Waals surface area contributed by atoms with E-state index in [0.717, 1.165) is 0 Å². The van der Waals surface area contributed by atoms with Gasteiger partial charge in [0, 0.05) is 13.1 Å². The van der Waals surface area contributed by atoms with Gasteiger partial charge in [-0.05, 0) is 37.5 Å². The number of rotatable bonds is 1. The molecule has 2 N–H and O–H groups in total. The number of halogens is 4. The molecule has 1 aromatic rings. The third-order valence-electron chi connectivity index (χ3n) is 3.61. The number of hydrogen-bond donors (Lipinski definition) is 1. The zero-order chi connectivity index (χ0) is 14.2. The first-order chi connectivity index (χ1) is 8.79. The maximum atomic E-state index is 13.3. The van der Waals surface area contributed by atoms with Crippen molar-refractivity contribution in [2.45, 2.75) is 25.9 Å². The third kappa shape index (κ3) is 2.93. The molecule has 0 aromatic heterocycles. The normalized spacial score (nSPS) is 17.8. The summed E-state index contributed by atoms with van der Waals surface area (Å²) in [6.07, 6.45) is -4.02. The number of alkyl halides is 3. The van der Waals surface area contributed by atoms with Crippen molar-refractivity contribution in [1.82, 2.24) is 0 Å². The molecule has 0 unspecified atom stereocenters. The van der Waals surface area contributed by atoms with E-state index in [1.165, 1.54) is 6.07 Å². The highest BCUT2D eigenvalue weighted by molar-refractivity contribution is 5.68. The topological polar surface area (TPSA) is 29.3 Å². The number of piperidine rings is 1. The van der Waals surface area contributed by atoms with Gasteiger partial charge in [-0.2, -0.15) is 13.2 Å². The van der Waals surface area contributed by atoms with E-state index in [-0.39, 0.29) is 18.5 Å². The molecule has 6 heteroatoms. The molecule has 0 atom stereocenters. The van der Waals surface area contributed by atoms with Gasteiger partial charge in [-0.25, -0.2) is 4.39 Å². The molecule has 0 saturated carbocycles. The predicted molar refractivity (Wildman–Crippen MR) is 66.5 cm³/mol. The summed E-state index contributed by atoms with van der Waals surface area (Å²) in [5.74, 6) is -1.64. The number of benzene rings is 1. The maximum absolute atomic E-state index is 13.3. The first-order valence-corrected chi connectivity index (χ1v) is 6.16. The van der Waals surface area contributed by atoms with Crippen LogP contribution in [0, 0.1) is 18.7 Å². The smallest absolute Gasteiger partial charge is 0.391 e. The van der Waals surface area contributed by atoms with E-state index in [1.807, 2.05) is 0 Å². The second kappa shape index (κ2) is 4.90. The van der Waals surface area contributed by atoms with E-state index >= 15 is 0 Å². The molecule has 1 aliphatic heterocycles. The highest BCUT2D eigenvalue weighted by Gasteiger charge is 2.41. The number of anilines is 2. The van der Waals surface area contributed by atoms with E-state index in [9.17, 15) is 17.6 Å². The summed E-state index contributed by atoms with van der Waals surface area (Å²) in [6.45, 7) is 2.19. The molecule has 1 fully saturated rings. The van der Waals surface area contributed by atoms with Crippen LogP contribution in [0.3, 0.4) is 0 Å². The molecule has 2 rings (SSSR count). The fraction of sp³-hybridized carbons (Fsp3) is 0.538. The van der Waals surface area contributed by atoms with E-state index in [2.05, 4.69) is 0 Å². The monoisotopic (exact) mass is 276 g/mol. The summed E-state index contributed by atoms with van der Waals surface area (Å²) >= 11 is 0. The summed E-state index contributed by atoms with van der Waals surface area (Å²) in [5.41, 5.74) is 7.08. The Morgan fingerprint density at radius 2 is 1.79 bits per heavy atom. The number of nitrogens with two attached hydrogens (primary N) is 1. The van der Waals surface area contributed by atoms with Crippen LogP contribution in [0.1, 0.15) is 18.4 Å². The Morgan fingerprint density at radius 3 is 2.32 bits per heavy atom. The standard InChI is InChI=1S/C13H16F4N2/c1-8-6-12(11(18)7-10(8)14)19-4-2-9(3-5-19)13(15,16)17/h6-7,9H,2-5,18H2,1H3. The third-order valence-corrected chi connectivity index (χ3v) is 3.61. The molecule has 19 heavy (non-hydrogen) atoms. The number of nitrogens with zero attached hydrogens (tertiary/aromatic N) is 1. The lowest BCUT2D eigenvalue weighted by Gasteiger charge is -2.35. The molecule has 1 aliphatic rings. The lowest BCUT2D eigenvalue weighted by atomic mass is 9.95. The molecule has 1 saturated heterocycles. The van der Waals surface area contributed by atoms with E-state index in [1.54, 1.807) is 17.9 Å². The van der Waals surface area contributed by atoms with E-state index in [4.69, 9.17) is 5.73 Å². The molecular formula is C13H16F4N2. The lowest BCUT2D eigenvalue weighted by molar-refractivity contribution is -0.179. The Hall–Kier alpha value is -1.46. The Labute approximate surface area is 109 Å². The van der Waals surface area contributed by atoms with Gasteiger partial charge >= 0.3 is 6.18 Å². The molecule has 0 aliphatic carbocycles. The number of nitrogen functional groups attached to an aromatic ring is 1. The van der Waals surface area contributed by atoms with Crippen molar-refractivity contribution in [3.8, 4) is 0 Å². The van der Waals surface area contributed by atoms with Gasteiger partial charge in [0.05, 0.1) is 17.3 Å². The van der Waals surface area contributed by atoms with Gasteiger partial charge in [0.1, 0.15) is 5.82 Å². The summed E-state index contributed by atoms with van der Waals surface area (Å²) in [5, 5.41) is 0. The van der Waals surface area contributed by atoms with Crippen LogP contribution >= 0.6 is 0 Å². The number of aryl methyl sites for hydroxylation is 1. The molecule has 106 valence electrons. The lowest BCUT2D eigenvalue weighted by Crippen LogP contribution is -2.39. The largest absolute Gasteiger partial charge is 0.397 e. The fourth-order valence-electron chi connectivity index (χ4n) is 2.40. The minimum Gasteiger partial charge on any atom is -0.397 e. The molecule has 0 radical (unpaired) electrons. The van der Waals surface area contributed by atoms with E-state index < -0.39 is 17.9 Å². The number of hydrogen-bond acceptors (Lipinski definition) is 2. The van der Waals surface area contributed by atoms with Crippen LogP contribution in [0.15, 0.2) is 12.1 Å². The minimum absolute atomic E-state index is 0.0549. The van der Waals surface area contributed by atoms with Crippen LogP contribution in [-0.2, 0) is 0 Å². The molecule has 0 bridgehead atoms. The van der Waals surface area contributed by atoms with Gasteiger partial charge in [0.25, 0.3) is 0 Å². The molecular weight excluding hydrogens is 260 g/mol. The van der Waals surface area contributed by atoms with Crippen molar-refractivity contribution in [3.63, 3.8) is 0 Å². The van der Waals surface area contributed by atoms with Crippen LogP contribution in [-0.4, -0.2) is 19.3 Å². The Bertz CT molecular complexity index is 462. The fourth-order valence-corrected chi connectivity index (χ4v) is 2.40. The van der Waals surface area contributed by atoms with Gasteiger partial charge in [-0.1, -0.05) is 0 Å². The van der Waals surface area contributed by atoms with Crippen molar-refractivity contribution in [2.75, 3.05) is 23.7 Å². The summed E-state index contributed by atoms with van der Waals surface area (Å²) in [7, 11) is 0. The van der Waals surface area contributed by atoms with Gasteiger partial charge in [0.15, 0.2) is 0 Å². The van der Waals surface area contributed by atoms with Gasteiger partial charge in [0.2, 0.25) is 0 Å². The van der Waals surface area contributed by atoms with Crippen LogP contribution < -0.4 is 10.6 Å². The van der Waals surface area contributed by atoms with Crippen LogP contribution in [0.2, 0.25) is 0 Å². The van der Waals surface area contributed by atoms with Gasteiger partial charge in [-0.15, -0.1) is 0 Å². The van der Waals surface area contributed by atoms with Crippen molar-refractivity contribution < 1.29 is 17.6 Å². The Kier molecular flexibility index (Phi) is 3.60. The zero-order valence-electron chi connectivity index (χ0n) is 10.6. The first-order valence-electron chi connectivity index (χ1n) is 6.16. The summed E-state index contributed by atoms with van der Waals surface area (Å²) in [4.78, 5) is 1.80. The van der Waals surface area contributed by atoms with Gasteiger partial charge in [-0.3, -0.25) is 0 Å². The van der Waals surface area contributed by atoms with Crippen molar-refractivity contribution in [1.29, 1.82) is 0 Å². The summed E-state index contributed by atoms with van der Waals surface area (Å²) < 4.78 is 51.0. The van der Waals surface area contributed by atoms with Crippen LogP contribution in [0.5, 0.6) is 0 Å². The highest BCUT2D eigenvalue weighted by atomic mass is 19.4. The molecule has 1 heterocycles. The van der Waals surface area contributed by atoms with Crippen molar-refractivity contribution in [2.24, 2.45) is 5.92 Å². The average molecular weight is 276 g/mol. The predicted octanol–water partition coefficient (Wildman–Crippen LogP) is 3.50. The van der Waals surface area contributed by atoms with Crippen LogP contribution in [0.25, 0.3) is 0 Å². The second-order valence-corrected chi connectivity index (χ2v) is 4.96. The van der Waals surface area contributed by atoms with Crippen molar-refractivity contribution in [3.05, 3.63) is 23.5 Å². The molecule has 0 spiro atoms. The Balaban J connectivity index is 2.12.